The highest BCUT2D eigenvalue weighted by molar-refractivity contribution is 8.06. The third kappa shape index (κ3) is 3.90. The van der Waals surface area contributed by atoms with Crippen LogP contribution in [0.15, 0.2) is 4.99 Å². The Kier molecular flexibility index (Phi) is 4.85. The summed E-state index contributed by atoms with van der Waals surface area (Å²) in [5.41, 5.74) is 0. The van der Waals surface area contributed by atoms with Gasteiger partial charge in [-0.05, 0) is 11.8 Å². The summed E-state index contributed by atoms with van der Waals surface area (Å²) >= 11 is 4.25. The number of aliphatic hydroxyl groups excluding tert-OH is 2. The minimum atomic E-state index is -3.93. The molecule has 10 nitrogen and oxygen atoms in total. The van der Waals surface area contributed by atoms with Crippen LogP contribution in [0.25, 0.3) is 0 Å². The molecule has 1 fully saturated rings. The zero-order valence-electron chi connectivity index (χ0n) is 10.4. The minimum Gasteiger partial charge on any atom is -0.388 e. The van der Waals surface area contributed by atoms with Crippen LogP contribution in [-0.2, 0) is 25.9 Å². The number of ether oxygens (including phenoxy) is 1. The van der Waals surface area contributed by atoms with E-state index >= 15 is 0 Å². The van der Waals surface area contributed by atoms with Gasteiger partial charge in [-0.2, -0.15) is 0 Å². The van der Waals surface area contributed by atoms with E-state index in [1.54, 1.807) is 0 Å². The Morgan fingerprint density at radius 2 is 2.05 bits per heavy atom. The van der Waals surface area contributed by atoms with Gasteiger partial charge in [-0.15, -0.1) is 0 Å². The van der Waals surface area contributed by atoms with Crippen molar-refractivity contribution in [2.75, 3.05) is 6.61 Å². The highest BCUT2D eigenvalue weighted by Crippen LogP contribution is 2.38. The van der Waals surface area contributed by atoms with Crippen molar-refractivity contribution in [1.82, 2.24) is 5.32 Å². The highest BCUT2D eigenvalue weighted by atomic mass is 32.5. The van der Waals surface area contributed by atoms with Crippen molar-refractivity contribution in [3.63, 3.8) is 0 Å². The normalized spacial score (nSPS) is 36.9. The molecule has 0 aliphatic carbocycles. The van der Waals surface area contributed by atoms with Crippen molar-refractivity contribution < 1.29 is 38.8 Å². The standard InChI is InChI=1S/C9H13N2O8PS/c12-5-4(2-18-20(16,17)21)19-7(6(5)13)3-1-10-9(15)11-8(3)14/h1,3-7,12-13H,2H2,(H,11,14,15)(H2,16,17,21)/t3?,4-,5+,6+,7+/m1/s1. The van der Waals surface area contributed by atoms with Crippen molar-refractivity contribution in [2.45, 2.75) is 24.4 Å². The van der Waals surface area contributed by atoms with E-state index in [1.807, 2.05) is 5.32 Å². The van der Waals surface area contributed by atoms with Gasteiger partial charge in [-0.1, -0.05) is 0 Å². The number of carbonyl (C=O) groups excluding carboxylic acids is 2. The third-order valence-corrected chi connectivity index (χ3v) is 3.85. The number of urea groups is 1. The van der Waals surface area contributed by atoms with Crippen molar-refractivity contribution in [3.05, 3.63) is 0 Å². The molecular formula is C9H13N2O8PS. The summed E-state index contributed by atoms with van der Waals surface area (Å²) in [7, 11) is 0. The second-order valence-corrected chi connectivity index (χ2v) is 7.17. The highest BCUT2D eigenvalue weighted by Gasteiger charge is 2.49. The van der Waals surface area contributed by atoms with Crippen LogP contribution in [0.2, 0.25) is 0 Å². The van der Waals surface area contributed by atoms with Gasteiger partial charge in [0.1, 0.15) is 30.3 Å². The fourth-order valence-electron chi connectivity index (χ4n) is 2.05. The van der Waals surface area contributed by atoms with Crippen LogP contribution in [0.1, 0.15) is 0 Å². The van der Waals surface area contributed by atoms with E-state index in [0.29, 0.717) is 0 Å². The smallest absolute Gasteiger partial charge is 0.347 e. The average molecular weight is 340 g/mol. The molecule has 2 heterocycles. The molecule has 0 spiro atoms. The molecule has 0 bridgehead atoms. The van der Waals surface area contributed by atoms with Gasteiger partial charge >= 0.3 is 12.7 Å². The Morgan fingerprint density at radius 3 is 2.62 bits per heavy atom. The number of aliphatic imine (C=N–C) groups is 1. The lowest BCUT2D eigenvalue weighted by atomic mass is 9.95. The number of rotatable bonds is 4. The van der Waals surface area contributed by atoms with Gasteiger partial charge in [0.05, 0.1) is 6.61 Å². The first-order valence-electron chi connectivity index (χ1n) is 5.80. The summed E-state index contributed by atoms with van der Waals surface area (Å²) in [6, 6.07) is -0.828. The molecule has 0 aromatic rings. The van der Waals surface area contributed by atoms with Gasteiger partial charge in [0.2, 0.25) is 5.91 Å². The first-order chi connectivity index (χ1) is 9.69. The summed E-state index contributed by atoms with van der Waals surface area (Å²) in [5, 5.41) is 21.6. The number of imide groups is 1. The lowest BCUT2D eigenvalue weighted by Gasteiger charge is -2.23. The average Bonchev–Trinajstić information content (AvgIpc) is 2.64. The molecule has 1 saturated heterocycles. The summed E-state index contributed by atoms with van der Waals surface area (Å²) in [6.45, 7) is -4.40. The SMILES string of the molecule is O=C1N=CC([C@@H]2O[C@H](COP(O)(O)=S)[C@H](O)[C@@H]2O)C(=O)N1. The van der Waals surface area contributed by atoms with Gasteiger partial charge in [-0.3, -0.25) is 10.1 Å². The van der Waals surface area contributed by atoms with Crippen LogP contribution in [0, 0.1) is 5.92 Å². The summed E-state index contributed by atoms with van der Waals surface area (Å²) in [4.78, 5) is 43.8. The van der Waals surface area contributed by atoms with E-state index < -0.39 is 55.6 Å². The molecule has 5 atom stereocenters. The van der Waals surface area contributed by atoms with Crippen LogP contribution in [0.4, 0.5) is 4.79 Å². The molecule has 0 aromatic heterocycles. The minimum absolute atomic E-state index is 0.469. The van der Waals surface area contributed by atoms with Crippen LogP contribution >= 0.6 is 6.72 Å². The zero-order valence-corrected chi connectivity index (χ0v) is 12.1. The van der Waals surface area contributed by atoms with E-state index in [1.165, 1.54) is 0 Å². The van der Waals surface area contributed by atoms with Crippen LogP contribution < -0.4 is 5.32 Å². The monoisotopic (exact) mass is 340 g/mol. The van der Waals surface area contributed by atoms with Gasteiger partial charge < -0.3 is 29.3 Å². The van der Waals surface area contributed by atoms with Crippen molar-refractivity contribution in [2.24, 2.45) is 10.9 Å². The zero-order chi connectivity index (χ0) is 15.8. The van der Waals surface area contributed by atoms with E-state index in [2.05, 4.69) is 21.3 Å². The largest absolute Gasteiger partial charge is 0.388 e. The van der Waals surface area contributed by atoms with Gasteiger partial charge in [0.15, 0.2) is 0 Å². The lowest BCUT2D eigenvalue weighted by molar-refractivity contribution is -0.127. The number of nitrogens with one attached hydrogen (secondary N) is 1. The number of nitrogens with zero attached hydrogens (tertiary/aromatic N) is 1. The van der Waals surface area contributed by atoms with E-state index in [-0.39, 0.29) is 0 Å². The lowest BCUT2D eigenvalue weighted by Crippen LogP contribution is -2.48. The summed E-state index contributed by atoms with van der Waals surface area (Å²) < 4.78 is 9.85. The Bertz CT molecular complexity index is 522. The predicted octanol–water partition coefficient (Wildman–Crippen LogP) is -2.36. The molecule has 5 N–H and O–H groups in total. The number of hydrogen-bond donors (Lipinski definition) is 5. The van der Waals surface area contributed by atoms with Crippen LogP contribution in [0.3, 0.4) is 0 Å². The summed E-state index contributed by atoms with van der Waals surface area (Å²) in [5.74, 6) is -1.79. The Labute approximate surface area is 123 Å². The predicted molar refractivity (Wildman–Crippen MR) is 70.9 cm³/mol. The molecule has 3 amide bonds. The number of hydrogen-bond acceptors (Lipinski definition) is 7. The fraction of sp³-hybridized carbons (Fsp3) is 0.667. The van der Waals surface area contributed by atoms with Gasteiger partial charge in [0, 0.05) is 6.21 Å². The molecule has 0 aromatic carbocycles. The van der Waals surface area contributed by atoms with Gasteiger partial charge in [-0.25, -0.2) is 9.79 Å². The first-order valence-corrected chi connectivity index (χ1v) is 8.42. The Morgan fingerprint density at radius 1 is 1.38 bits per heavy atom. The summed E-state index contributed by atoms with van der Waals surface area (Å²) in [6.07, 6.45) is -4.10. The van der Waals surface area contributed by atoms with Crippen molar-refractivity contribution >= 4 is 36.7 Å². The maximum absolute atomic E-state index is 11.6. The van der Waals surface area contributed by atoms with E-state index in [0.717, 1.165) is 6.21 Å². The second-order valence-electron chi connectivity index (χ2n) is 4.51. The molecule has 2 rings (SSSR count). The first kappa shape index (κ1) is 16.6. The van der Waals surface area contributed by atoms with Crippen molar-refractivity contribution in [1.29, 1.82) is 0 Å². The molecule has 1 unspecified atom stereocenters. The molecule has 118 valence electrons. The molecule has 2 aliphatic heterocycles. The third-order valence-electron chi connectivity index (χ3n) is 3.05. The van der Waals surface area contributed by atoms with E-state index in [9.17, 15) is 19.8 Å². The van der Waals surface area contributed by atoms with E-state index in [4.69, 9.17) is 14.5 Å². The number of amides is 3. The Hall–Kier alpha value is -0.780. The molecule has 2 aliphatic rings. The molecule has 0 radical (unpaired) electrons. The number of aliphatic hydroxyl groups is 2. The maximum atomic E-state index is 11.6. The number of carbonyl (C=O) groups is 2. The topological polar surface area (TPSA) is 158 Å². The fourth-order valence-corrected chi connectivity index (χ4v) is 2.58. The van der Waals surface area contributed by atoms with Gasteiger partial charge in [0.25, 0.3) is 0 Å². The van der Waals surface area contributed by atoms with Crippen LogP contribution in [-0.4, -0.2) is 69.2 Å². The van der Waals surface area contributed by atoms with Crippen molar-refractivity contribution in [3.8, 4) is 0 Å². The molecule has 12 heteroatoms. The maximum Gasteiger partial charge on any atom is 0.347 e. The molecular weight excluding hydrogens is 327 g/mol. The van der Waals surface area contributed by atoms with Crippen LogP contribution in [0.5, 0.6) is 0 Å². The molecule has 0 saturated carbocycles. The second kappa shape index (κ2) is 6.15. The molecule has 21 heavy (non-hydrogen) atoms. The Balaban J connectivity index is 2.06. The quantitative estimate of drug-likeness (QED) is 0.353.